The molecule has 2 rings (SSSR count). The number of amides is 2. The lowest BCUT2D eigenvalue weighted by atomic mass is 10.1. The molecule has 35 heavy (non-hydrogen) atoms. The molecule has 1 atom stereocenters. The number of carbonyl (C=O) groups is 2. The lowest BCUT2D eigenvalue weighted by Crippen LogP contribution is -2.51. The molecular weight excluding hydrogens is 513 g/mol. The number of ether oxygens (including phenoxy) is 1. The van der Waals surface area contributed by atoms with Crippen molar-refractivity contribution in [1.82, 2.24) is 10.2 Å². The van der Waals surface area contributed by atoms with Gasteiger partial charge >= 0.3 is 0 Å². The van der Waals surface area contributed by atoms with Crippen molar-refractivity contribution in [2.45, 2.75) is 39.3 Å². The van der Waals surface area contributed by atoms with Gasteiger partial charge < -0.3 is 15.0 Å². The van der Waals surface area contributed by atoms with Crippen molar-refractivity contribution in [3.8, 4) is 5.75 Å². The summed E-state index contributed by atoms with van der Waals surface area (Å²) in [5.74, 6) is -0.676. The molecule has 0 aromatic heterocycles. The molecule has 192 valence electrons. The van der Waals surface area contributed by atoms with E-state index < -0.39 is 28.5 Å². The quantitative estimate of drug-likeness (QED) is 0.406. The maximum absolute atomic E-state index is 13.6. The van der Waals surface area contributed by atoms with E-state index in [9.17, 15) is 18.0 Å². The van der Waals surface area contributed by atoms with Crippen molar-refractivity contribution < 1.29 is 22.7 Å². The summed E-state index contributed by atoms with van der Waals surface area (Å²) in [4.78, 5) is 27.7. The summed E-state index contributed by atoms with van der Waals surface area (Å²) in [6.07, 6.45) is 2.69. The van der Waals surface area contributed by atoms with E-state index in [-0.39, 0.29) is 23.9 Å². The van der Waals surface area contributed by atoms with Crippen LogP contribution in [0.4, 0.5) is 5.69 Å². The van der Waals surface area contributed by atoms with Gasteiger partial charge in [0.2, 0.25) is 21.8 Å². The number of rotatable bonds is 12. The van der Waals surface area contributed by atoms with Gasteiger partial charge in [0.1, 0.15) is 18.3 Å². The van der Waals surface area contributed by atoms with E-state index in [1.54, 1.807) is 49.4 Å². The molecule has 11 heteroatoms. The zero-order valence-electron chi connectivity index (χ0n) is 20.3. The molecule has 0 saturated carbocycles. The number of methoxy groups -OCH3 is 1. The van der Waals surface area contributed by atoms with Crippen LogP contribution in [0.3, 0.4) is 0 Å². The van der Waals surface area contributed by atoms with Crippen molar-refractivity contribution >= 4 is 50.7 Å². The Kier molecular flexibility index (Phi) is 10.7. The highest BCUT2D eigenvalue weighted by Gasteiger charge is 2.31. The fourth-order valence-electron chi connectivity index (χ4n) is 3.40. The first-order valence-corrected chi connectivity index (χ1v) is 13.7. The Hall–Kier alpha value is -2.49. The van der Waals surface area contributed by atoms with Crippen LogP contribution in [0.5, 0.6) is 5.75 Å². The van der Waals surface area contributed by atoms with Crippen LogP contribution in [0.15, 0.2) is 42.5 Å². The molecule has 8 nitrogen and oxygen atoms in total. The number of nitrogens with zero attached hydrogens (tertiary/aromatic N) is 2. The molecule has 0 aliphatic heterocycles. The second-order valence-electron chi connectivity index (χ2n) is 7.98. The number of hydrogen-bond acceptors (Lipinski definition) is 5. The van der Waals surface area contributed by atoms with Gasteiger partial charge in [-0.15, -0.1) is 0 Å². The van der Waals surface area contributed by atoms with Gasteiger partial charge in [0.15, 0.2) is 0 Å². The standard InChI is InChI=1S/C24H31Cl2N3O5S/c1-5-6-14-27-24(31)17(2)28(15-18-19(25)10-9-11-20(18)26)23(30)16-29(35(4,32)33)21-12-7-8-13-22(21)34-3/h7-13,17H,5-6,14-16H2,1-4H3,(H,27,31)/t17-/m0/s1. The topological polar surface area (TPSA) is 96.0 Å². The first kappa shape index (κ1) is 28.7. The van der Waals surface area contributed by atoms with Gasteiger partial charge in [-0.1, -0.05) is 54.7 Å². The Labute approximate surface area is 217 Å². The van der Waals surface area contributed by atoms with Crippen molar-refractivity contribution in [2.75, 3.05) is 30.8 Å². The fraction of sp³-hybridized carbons (Fsp3) is 0.417. The molecule has 2 aromatic carbocycles. The van der Waals surface area contributed by atoms with Crippen molar-refractivity contribution in [1.29, 1.82) is 0 Å². The SMILES string of the molecule is CCCCNC(=O)[C@H](C)N(Cc1c(Cl)cccc1Cl)C(=O)CN(c1ccccc1OC)S(C)(=O)=O. The summed E-state index contributed by atoms with van der Waals surface area (Å²) in [5, 5.41) is 3.48. The molecule has 0 heterocycles. The minimum Gasteiger partial charge on any atom is -0.495 e. The number of benzene rings is 2. The number of unbranched alkanes of at least 4 members (excludes halogenated alkanes) is 1. The minimum absolute atomic E-state index is 0.0801. The van der Waals surface area contributed by atoms with Gasteiger partial charge in [-0.05, 0) is 37.6 Å². The molecule has 0 saturated heterocycles. The van der Waals surface area contributed by atoms with Gasteiger partial charge in [0.05, 0.1) is 19.1 Å². The number of anilines is 1. The van der Waals surface area contributed by atoms with Crippen molar-refractivity contribution in [3.63, 3.8) is 0 Å². The molecule has 0 aliphatic carbocycles. The second-order valence-corrected chi connectivity index (χ2v) is 10.7. The van der Waals surface area contributed by atoms with E-state index in [2.05, 4.69) is 5.32 Å². The highest BCUT2D eigenvalue weighted by atomic mass is 35.5. The zero-order chi connectivity index (χ0) is 26.2. The smallest absolute Gasteiger partial charge is 0.244 e. The van der Waals surface area contributed by atoms with Crippen LogP contribution in [0.25, 0.3) is 0 Å². The molecule has 0 unspecified atom stereocenters. The van der Waals surface area contributed by atoms with Crippen molar-refractivity contribution in [3.05, 3.63) is 58.1 Å². The molecule has 0 aliphatic rings. The summed E-state index contributed by atoms with van der Waals surface area (Å²) < 4.78 is 31.6. The van der Waals surface area contributed by atoms with Gasteiger partial charge in [-0.2, -0.15) is 0 Å². The highest BCUT2D eigenvalue weighted by molar-refractivity contribution is 7.92. The fourth-order valence-corrected chi connectivity index (χ4v) is 4.77. The van der Waals surface area contributed by atoms with Crippen LogP contribution >= 0.6 is 23.2 Å². The van der Waals surface area contributed by atoms with Crippen LogP contribution in [-0.4, -0.2) is 57.6 Å². The molecule has 0 fully saturated rings. The Morgan fingerprint density at radius 3 is 2.29 bits per heavy atom. The summed E-state index contributed by atoms with van der Waals surface area (Å²) in [6.45, 7) is 3.42. The van der Waals surface area contributed by atoms with E-state index in [1.165, 1.54) is 12.0 Å². The highest BCUT2D eigenvalue weighted by Crippen LogP contribution is 2.30. The predicted molar refractivity (Wildman–Crippen MR) is 140 cm³/mol. The van der Waals surface area contributed by atoms with E-state index in [0.29, 0.717) is 22.2 Å². The van der Waals surface area contributed by atoms with E-state index >= 15 is 0 Å². The Bertz CT molecular complexity index is 1120. The zero-order valence-corrected chi connectivity index (χ0v) is 22.6. The first-order chi connectivity index (χ1) is 16.5. The van der Waals surface area contributed by atoms with Gasteiger partial charge in [-0.25, -0.2) is 8.42 Å². The van der Waals surface area contributed by atoms with Crippen LogP contribution in [0.1, 0.15) is 32.3 Å². The summed E-state index contributed by atoms with van der Waals surface area (Å²) in [7, 11) is -2.47. The molecule has 2 amide bonds. The number of hydrogen-bond donors (Lipinski definition) is 1. The number of nitrogens with one attached hydrogen (secondary N) is 1. The number of halogens is 2. The van der Waals surface area contributed by atoms with E-state index in [0.717, 1.165) is 23.4 Å². The largest absolute Gasteiger partial charge is 0.495 e. The van der Waals surface area contributed by atoms with E-state index in [4.69, 9.17) is 27.9 Å². The van der Waals surface area contributed by atoms with Gasteiger partial charge in [0, 0.05) is 28.7 Å². The molecule has 0 spiro atoms. The number of para-hydroxylation sites is 2. The molecule has 0 bridgehead atoms. The third-order valence-corrected chi connectivity index (χ3v) is 7.25. The lowest BCUT2D eigenvalue weighted by Gasteiger charge is -2.32. The number of sulfonamides is 1. The number of carbonyl (C=O) groups excluding carboxylic acids is 2. The van der Waals surface area contributed by atoms with Gasteiger partial charge in [0.25, 0.3) is 0 Å². The monoisotopic (exact) mass is 543 g/mol. The first-order valence-electron chi connectivity index (χ1n) is 11.1. The summed E-state index contributed by atoms with van der Waals surface area (Å²) in [6, 6.07) is 10.5. The maximum Gasteiger partial charge on any atom is 0.244 e. The van der Waals surface area contributed by atoms with Crippen LogP contribution < -0.4 is 14.4 Å². The Morgan fingerprint density at radius 2 is 1.71 bits per heavy atom. The summed E-state index contributed by atoms with van der Waals surface area (Å²) in [5.41, 5.74) is 0.669. The van der Waals surface area contributed by atoms with Crippen LogP contribution in [0, 0.1) is 0 Å². The molecule has 0 radical (unpaired) electrons. The lowest BCUT2D eigenvalue weighted by molar-refractivity contribution is -0.139. The minimum atomic E-state index is -3.88. The molecule has 2 aromatic rings. The van der Waals surface area contributed by atoms with Crippen LogP contribution in [-0.2, 0) is 26.2 Å². The maximum atomic E-state index is 13.6. The van der Waals surface area contributed by atoms with Crippen LogP contribution in [0.2, 0.25) is 10.0 Å². The van der Waals surface area contributed by atoms with E-state index in [1.807, 2.05) is 6.92 Å². The molecule has 1 N–H and O–H groups in total. The summed E-state index contributed by atoms with van der Waals surface area (Å²) >= 11 is 12.7. The third-order valence-electron chi connectivity index (χ3n) is 5.42. The van der Waals surface area contributed by atoms with Crippen molar-refractivity contribution in [2.24, 2.45) is 0 Å². The molecular formula is C24H31Cl2N3O5S. The Morgan fingerprint density at radius 1 is 1.09 bits per heavy atom. The van der Waals surface area contributed by atoms with Gasteiger partial charge in [-0.3, -0.25) is 13.9 Å². The Balaban J connectivity index is 2.45. The average molecular weight is 545 g/mol. The normalized spacial score (nSPS) is 12.1. The predicted octanol–water partition coefficient (Wildman–Crippen LogP) is 4.10. The second kappa shape index (κ2) is 13.0. The third kappa shape index (κ3) is 7.75. The average Bonchev–Trinajstić information content (AvgIpc) is 2.81.